The maximum Gasteiger partial charge on any atom is 0.191 e. The Labute approximate surface area is 153 Å². The zero-order valence-electron chi connectivity index (χ0n) is 14.7. The summed E-state index contributed by atoms with van der Waals surface area (Å²) in [6.45, 7) is 9.54. The van der Waals surface area contributed by atoms with Crippen LogP contribution in [0.3, 0.4) is 0 Å². The molecule has 0 radical (unpaired) electrons. The summed E-state index contributed by atoms with van der Waals surface area (Å²) in [7, 11) is 3.53. The molecule has 22 heavy (non-hydrogen) atoms. The topological polar surface area (TPSA) is 48.9 Å². The van der Waals surface area contributed by atoms with Crippen molar-refractivity contribution in [3.05, 3.63) is 0 Å². The van der Waals surface area contributed by atoms with Gasteiger partial charge in [0.2, 0.25) is 0 Å². The molecule has 1 saturated heterocycles. The van der Waals surface area contributed by atoms with Gasteiger partial charge in [-0.1, -0.05) is 26.7 Å². The first-order valence-corrected chi connectivity index (χ1v) is 8.36. The number of aliphatic imine (C=N–C) groups is 1. The van der Waals surface area contributed by atoms with Gasteiger partial charge in [-0.25, -0.2) is 0 Å². The molecule has 1 heterocycles. The third-order valence-corrected chi connectivity index (χ3v) is 4.18. The van der Waals surface area contributed by atoms with E-state index < -0.39 is 0 Å². The molecule has 0 bridgehead atoms. The van der Waals surface area contributed by atoms with E-state index in [1.54, 1.807) is 7.11 Å². The van der Waals surface area contributed by atoms with Gasteiger partial charge in [0.05, 0.1) is 6.61 Å². The summed E-state index contributed by atoms with van der Waals surface area (Å²) in [5, 5.41) is 6.74. The lowest BCUT2D eigenvalue weighted by atomic mass is 10.0. The van der Waals surface area contributed by atoms with Crippen LogP contribution in [0.1, 0.15) is 39.5 Å². The van der Waals surface area contributed by atoms with E-state index in [0.29, 0.717) is 18.6 Å². The Morgan fingerprint density at radius 1 is 1.14 bits per heavy atom. The van der Waals surface area contributed by atoms with Gasteiger partial charge in [0.15, 0.2) is 5.96 Å². The third kappa shape index (κ3) is 8.53. The number of nitrogens with one attached hydrogen (secondary N) is 2. The second-order valence-electron chi connectivity index (χ2n) is 6.13. The number of methoxy groups -OCH3 is 1. The predicted molar refractivity (Wildman–Crippen MR) is 105 cm³/mol. The number of ether oxygens (including phenoxy) is 1. The highest BCUT2D eigenvalue weighted by Gasteiger charge is 2.22. The van der Waals surface area contributed by atoms with Gasteiger partial charge in [0.25, 0.3) is 0 Å². The monoisotopic (exact) mass is 426 g/mol. The number of likely N-dealkylation sites (tertiary alicyclic amines) is 1. The lowest BCUT2D eigenvalue weighted by Gasteiger charge is -2.34. The average Bonchev–Trinajstić information content (AvgIpc) is 2.74. The maximum atomic E-state index is 5.06. The van der Waals surface area contributed by atoms with E-state index in [-0.39, 0.29) is 24.0 Å². The Bertz CT molecular complexity index is 292. The molecule has 1 aliphatic rings. The molecule has 5 nitrogen and oxygen atoms in total. The Kier molecular flexibility index (Phi) is 13.3. The first-order valence-electron chi connectivity index (χ1n) is 8.36. The van der Waals surface area contributed by atoms with Crippen LogP contribution in [0.25, 0.3) is 0 Å². The molecule has 0 saturated carbocycles. The van der Waals surface area contributed by atoms with Crippen LogP contribution >= 0.6 is 24.0 Å². The minimum atomic E-state index is 0. The third-order valence-electron chi connectivity index (χ3n) is 4.18. The summed E-state index contributed by atoms with van der Waals surface area (Å²) < 4.78 is 5.06. The number of halogens is 1. The minimum Gasteiger partial charge on any atom is -0.383 e. The summed E-state index contributed by atoms with van der Waals surface area (Å²) in [5.74, 6) is 1.51. The highest BCUT2D eigenvalue weighted by molar-refractivity contribution is 14.0. The van der Waals surface area contributed by atoms with Crippen molar-refractivity contribution in [2.75, 3.05) is 46.9 Å². The van der Waals surface area contributed by atoms with E-state index in [2.05, 4.69) is 34.4 Å². The normalized spacial score (nSPS) is 18.5. The van der Waals surface area contributed by atoms with Crippen molar-refractivity contribution in [2.24, 2.45) is 10.9 Å². The molecule has 132 valence electrons. The van der Waals surface area contributed by atoms with E-state index in [9.17, 15) is 0 Å². The van der Waals surface area contributed by atoms with Gasteiger partial charge in [0, 0.05) is 33.3 Å². The fourth-order valence-electron chi connectivity index (χ4n) is 2.91. The Morgan fingerprint density at radius 3 is 2.27 bits per heavy atom. The highest BCUT2D eigenvalue weighted by atomic mass is 127. The van der Waals surface area contributed by atoms with Crippen molar-refractivity contribution in [2.45, 2.75) is 45.6 Å². The van der Waals surface area contributed by atoms with Crippen molar-refractivity contribution in [1.82, 2.24) is 15.5 Å². The van der Waals surface area contributed by atoms with Crippen LogP contribution < -0.4 is 10.6 Å². The van der Waals surface area contributed by atoms with Gasteiger partial charge in [-0.05, 0) is 31.8 Å². The van der Waals surface area contributed by atoms with Crippen molar-refractivity contribution in [1.29, 1.82) is 0 Å². The molecule has 1 aliphatic heterocycles. The molecule has 0 aliphatic carbocycles. The number of guanidine groups is 1. The summed E-state index contributed by atoms with van der Waals surface area (Å²) in [4.78, 5) is 6.93. The second-order valence-corrected chi connectivity index (χ2v) is 6.13. The van der Waals surface area contributed by atoms with Gasteiger partial charge < -0.3 is 15.4 Å². The molecular weight excluding hydrogens is 391 g/mol. The van der Waals surface area contributed by atoms with Crippen molar-refractivity contribution in [3.63, 3.8) is 0 Å². The molecule has 0 aromatic rings. The number of hydrogen-bond acceptors (Lipinski definition) is 3. The number of rotatable bonds is 7. The highest BCUT2D eigenvalue weighted by Crippen LogP contribution is 2.16. The van der Waals surface area contributed by atoms with Crippen LogP contribution in [0.2, 0.25) is 0 Å². The zero-order valence-corrected chi connectivity index (χ0v) is 17.1. The summed E-state index contributed by atoms with van der Waals surface area (Å²) in [6, 6.07) is 0.573. The van der Waals surface area contributed by atoms with Gasteiger partial charge in [-0.2, -0.15) is 0 Å². The molecule has 0 spiro atoms. The Balaban J connectivity index is 0.00000441. The molecule has 6 heteroatoms. The SMILES string of the molecule is CN=C(NCCOC)NCC(C(C)C)N1CCCCCC1.I. The molecule has 1 atom stereocenters. The fourth-order valence-corrected chi connectivity index (χ4v) is 2.91. The first kappa shape index (κ1) is 21.9. The predicted octanol–water partition coefficient (Wildman–Crippen LogP) is 2.32. The largest absolute Gasteiger partial charge is 0.383 e. The molecule has 2 N–H and O–H groups in total. The van der Waals surface area contributed by atoms with E-state index in [1.807, 2.05) is 7.05 Å². The molecule has 0 aromatic carbocycles. The maximum absolute atomic E-state index is 5.06. The first-order chi connectivity index (χ1) is 10.2. The van der Waals surface area contributed by atoms with Crippen LogP contribution in [0, 0.1) is 5.92 Å². The van der Waals surface area contributed by atoms with E-state index in [4.69, 9.17) is 4.74 Å². The molecule has 1 fully saturated rings. The summed E-state index contributed by atoms with van der Waals surface area (Å²) >= 11 is 0. The van der Waals surface area contributed by atoms with Gasteiger partial charge in [-0.15, -0.1) is 24.0 Å². The van der Waals surface area contributed by atoms with Gasteiger partial charge in [-0.3, -0.25) is 9.89 Å². The molecular formula is C16H35IN4O. The lowest BCUT2D eigenvalue weighted by Crippen LogP contribution is -2.50. The number of nitrogens with zero attached hydrogens (tertiary/aromatic N) is 2. The van der Waals surface area contributed by atoms with E-state index in [1.165, 1.54) is 38.8 Å². The molecule has 0 amide bonds. The van der Waals surface area contributed by atoms with E-state index in [0.717, 1.165) is 19.0 Å². The van der Waals surface area contributed by atoms with Crippen LogP contribution in [-0.4, -0.2) is 63.8 Å². The molecule has 0 aromatic heterocycles. The molecule has 1 unspecified atom stereocenters. The minimum absolute atomic E-state index is 0. The Morgan fingerprint density at radius 2 is 1.77 bits per heavy atom. The lowest BCUT2D eigenvalue weighted by molar-refractivity contribution is 0.161. The van der Waals surface area contributed by atoms with Crippen LogP contribution in [0.5, 0.6) is 0 Å². The zero-order chi connectivity index (χ0) is 15.5. The second kappa shape index (κ2) is 13.4. The standard InChI is InChI=1S/C16H34N4O.HI/c1-14(2)15(20-10-7-5-6-8-11-20)13-19-16(17-3)18-9-12-21-4;/h14-15H,5-13H2,1-4H3,(H2,17,18,19);1H. The Hall–Kier alpha value is -0.0800. The average molecular weight is 426 g/mol. The van der Waals surface area contributed by atoms with Crippen LogP contribution in [0.15, 0.2) is 4.99 Å². The van der Waals surface area contributed by atoms with Gasteiger partial charge in [0.1, 0.15) is 0 Å². The molecule has 1 rings (SSSR count). The quantitative estimate of drug-likeness (QED) is 0.284. The summed E-state index contributed by atoms with van der Waals surface area (Å²) in [5.41, 5.74) is 0. The van der Waals surface area contributed by atoms with Crippen molar-refractivity contribution in [3.8, 4) is 0 Å². The fraction of sp³-hybridized carbons (Fsp3) is 0.938. The summed E-state index contributed by atoms with van der Waals surface area (Å²) in [6.07, 6.45) is 5.44. The van der Waals surface area contributed by atoms with Gasteiger partial charge >= 0.3 is 0 Å². The number of hydrogen-bond donors (Lipinski definition) is 2. The van der Waals surface area contributed by atoms with Crippen LogP contribution in [-0.2, 0) is 4.74 Å². The van der Waals surface area contributed by atoms with E-state index >= 15 is 0 Å². The van der Waals surface area contributed by atoms with Crippen molar-refractivity contribution >= 4 is 29.9 Å². The van der Waals surface area contributed by atoms with Crippen molar-refractivity contribution < 1.29 is 4.74 Å². The smallest absolute Gasteiger partial charge is 0.191 e. The van der Waals surface area contributed by atoms with Crippen LogP contribution in [0.4, 0.5) is 0 Å².